The van der Waals surface area contributed by atoms with Gasteiger partial charge in [-0.25, -0.2) is 9.97 Å². The number of nitrogens with zero attached hydrogens (tertiary/aromatic N) is 3. The second-order valence-electron chi connectivity index (χ2n) is 5.94. The third-order valence-electron chi connectivity index (χ3n) is 4.22. The van der Waals surface area contributed by atoms with Crippen molar-refractivity contribution in [3.8, 4) is 17.0 Å². The van der Waals surface area contributed by atoms with Crippen molar-refractivity contribution in [2.45, 2.75) is 25.7 Å². The van der Waals surface area contributed by atoms with Gasteiger partial charge in [-0.1, -0.05) is 25.0 Å². The van der Waals surface area contributed by atoms with Crippen LogP contribution in [-0.2, 0) is 0 Å². The van der Waals surface area contributed by atoms with E-state index in [2.05, 4.69) is 14.9 Å². The number of carbonyl (C=O) groups is 1. The van der Waals surface area contributed by atoms with E-state index in [1.54, 1.807) is 13.2 Å². The lowest BCUT2D eigenvalue weighted by molar-refractivity contribution is 0.0995. The summed E-state index contributed by atoms with van der Waals surface area (Å²) in [5, 5.41) is 0. The lowest BCUT2D eigenvalue weighted by Gasteiger charge is -2.21. The number of benzene rings is 1. The molecule has 0 aliphatic carbocycles. The van der Waals surface area contributed by atoms with Crippen molar-refractivity contribution in [3.05, 3.63) is 36.0 Å². The molecule has 1 aromatic carbocycles. The molecule has 0 radical (unpaired) electrons. The van der Waals surface area contributed by atoms with Gasteiger partial charge < -0.3 is 15.4 Å². The van der Waals surface area contributed by atoms with Gasteiger partial charge in [0, 0.05) is 18.7 Å². The number of carbonyl (C=O) groups excluding carboxylic acids is 1. The first-order valence-electron chi connectivity index (χ1n) is 8.25. The molecule has 1 aromatic heterocycles. The van der Waals surface area contributed by atoms with Crippen LogP contribution in [0.25, 0.3) is 11.3 Å². The fraction of sp³-hybridized carbons (Fsp3) is 0.389. The first-order valence-corrected chi connectivity index (χ1v) is 8.25. The van der Waals surface area contributed by atoms with Gasteiger partial charge in [0.15, 0.2) is 0 Å². The molecule has 3 rings (SSSR count). The Kier molecular flexibility index (Phi) is 4.93. The lowest BCUT2D eigenvalue weighted by atomic mass is 10.1. The van der Waals surface area contributed by atoms with Crippen LogP contribution < -0.4 is 15.4 Å². The Bertz CT molecular complexity index is 725. The number of ether oxygens (including phenoxy) is 1. The minimum absolute atomic E-state index is 0.238. The summed E-state index contributed by atoms with van der Waals surface area (Å²) >= 11 is 0. The highest BCUT2D eigenvalue weighted by Crippen LogP contribution is 2.25. The van der Waals surface area contributed by atoms with E-state index >= 15 is 0 Å². The van der Waals surface area contributed by atoms with Crippen molar-refractivity contribution in [1.82, 2.24) is 9.97 Å². The van der Waals surface area contributed by atoms with E-state index in [0.29, 0.717) is 11.6 Å². The topological polar surface area (TPSA) is 81.3 Å². The highest BCUT2D eigenvalue weighted by molar-refractivity contribution is 5.92. The molecule has 2 N–H and O–H groups in total. The standard InChI is InChI=1S/C18H22N4O2/c1-24-14-8-6-7-13(11-14)15-12-16(17(19)23)21-18(20-15)22-9-4-2-3-5-10-22/h6-8,11-12H,2-5,9-10H2,1H3,(H2,19,23). The fourth-order valence-electron chi connectivity index (χ4n) is 2.90. The molecule has 126 valence electrons. The molecule has 1 amide bonds. The minimum atomic E-state index is -0.544. The highest BCUT2D eigenvalue weighted by atomic mass is 16.5. The summed E-state index contributed by atoms with van der Waals surface area (Å²) in [5.74, 6) is 0.770. The molecular formula is C18H22N4O2. The zero-order chi connectivity index (χ0) is 16.9. The van der Waals surface area contributed by atoms with Gasteiger partial charge in [-0.3, -0.25) is 4.79 Å². The van der Waals surface area contributed by atoms with Crippen molar-refractivity contribution < 1.29 is 9.53 Å². The van der Waals surface area contributed by atoms with Crippen LogP contribution in [0.4, 0.5) is 5.95 Å². The van der Waals surface area contributed by atoms with E-state index in [-0.39, 0.29) is 5.69 Å². The molecule has 0 atom stereocenters. The lowest BCUT2D eigenvalue weighted by Crippen LogP contribution is -2.27. The Hall–Kier alpha value is -2.63. The van der Waals surface area contributed by atoms with Crippen LogP contribution in [0, 0.1) is 0 Å². The number of hydrogen-bond donors (Lipinski definition) is 1. The van der Waals surface area contributed by atoms with Gasteiger partial charge in [-0.2, -0.15) is 0 Å². The van der Waals surface area contributed by atoms with Gasteiger partial charge in [0.2, 0.25) is 5.95 Å². The zero-order valence-corrected chi connectivity index (χ0v) is 13.9. The average Bonchev–Trinajstić information content (AvgIpc) is 2.91. The van der Waals surface area contributed by atoms with Crippen LogP contribution in [0.5, 0.6) is 5.75 Å². The summed E-state index contributed by atoms with van der Waals surface area (Å²) in [6.45, 7) is 1.81. The molecule has 0 unspecified atom stereocenters. The first-order chi connectivity index (χ1) is 11.7. The van der Waals surface area contributed by atoms with Gasteiger partial charge in [-0.15, -0.1) is 0 Å². The van der Waals surface area contributed by atoms with E-state index in [0.717, 1.165) is 37.2 Å². The molecular weight excluding hydrogens is 304 g/mol. The number of nitrogens with two attached hydrogens (primary N) is 1. The zero-order valence-electron chi connectivity index (χ0n) is 13.9. The number of anilines is 1. The maximum atomic E-state index is 11.7. The summed E-state index contributed by atoms with van der Waals surface area (Å²) < 4.78 is 5.27. The molecule has 1 aliphatic heterocycles. The summed E-state index contributed by atoms with van der Waals surface area (Å²) in [6.07, 6.45) is 4.65. The largest absolute Gasteiger partial charge is 0.497 e. The van der Waals surface area contributed by atoms with Crippen LogP contribution in [0.2, 0.25) is 0 Å². The molecule has 1 saturated heterocycles. The number of hydrogen-bond acceptors (Lipinski definition) is 5. The van der Waals surface area contributed by atoms with Gasteiger partial charge in [0.05, 0.1) is 12.8 Å². The number of amides is 1. The summed E-state index contributed by atoms with van der Waals surface area (Å²) in [6, 6.07) is 9.22. The second-order valence-corrected chi connectivity index (χ2v) is 5.94. The molecule has 0 bridgehead atoms. The molecule has 0 saturated carbocycles. The molecule has 2 heterocycles. The van der Waals surface area contributed by atoms with Crippen LogP contribution in [-0.4, -0.2) is 36.1 Å². The average molecular weight is 326 g/mol. The molecule has 0 spiro atoms. The third kappa shape index (κ3) is 3.64. The fourth-order valence-corrected chi connectivity index (χ4v) is 2.90. The second kappa shape index (κ2) is 7.29. The normalized spacial score (nSPS) is 15.0. The maximum Gasteiger partial charge on any atom is 0.267 e. The van der Waals surface area contributed by atoms with Gasteiger partial charge in [-0.05, 0) is 31.0 Å². The van der Waals surface area contributed by atoms with Crippen molar-refractivity contribution in [3.63, 3.8) is 0 Å². The van der Waals surface area contributed by atoms with E-state index in [4.69, 9.17) is 10.5 Å². The summed E-state index contributed by atoms with van der Waals surface area (Å²) in [7, 11) is 1.62. The van der Waals surface area contributed by atoms with Crippen molar-refractivity contribution in [2.75, 3.05) is 25.1 Å². The predicted molar refractivity (Wildman–Crippen MR) is 93.2 cm³/mol. The van der Waals surface area contributed by atoms with Gasteiger partial charge in [0.25, 0.3) is 5.91 Å². The van der Waals surface area contributed by atoms with E-state index in [1.807, 2.05) is 24.3 Å². The Morgan fingerprint density at radius 2 is 1.88 bits per heavy atom. The Morgan fingerprint density at radius 3 is 2.54 bits per heavy atom. The predicted octanol–water partition coefficient (Wildman–Crippen LogP) is 2.63. The van der Waals surface area contributed by atoms with E-state index < -0.39 is 5.91 Å². The third-order valence-corrected chi connectivity index (χ3v) is 4.22. The Morgan fingerprint density at radius 1 is 1.12 bits per heavy atom. The summed E-state index contributed by atoms with van der Waals surface area (Å²) in [5.41, 5.74) is 7.26. The highest BCUT2D eigenvalue weighted by Gasteiger charge is 2.17. The molecule has 1 fully saturated rings. The van der Waals surface area contributed by atoms with Crippen LogP contribution in [0.15, 0.2) is 30.3 Å². The van der Waals surface area contributed by atoms with E-state index in [1.165, 1.54) is 12.8 Å². The van der Waals surface area contributed by atoms with Crippen molar-refractivity contribution in [1.29, 1.82) is 0 Å². The Balaban J connectivity index is 2.03. The van der Waals surface area contributed by atoms with Gasteiger partial charge >= 0.3 is 0 Å². The van der Waals surface area contributed by atoms with Gasteiger partial charge in [0.1, 0.15) is 11.4 Å². The maximum absolute atomic E-state index is 11.7. The molecule has 1 aliphatic rings. The number of methoxy groups -OCH3 is 1. The SMILES string of the molecule is COc1cccc(-c2cc(C(N)=O)nc(N3CCCCCC3)n2)c1. The molecule has 6 nitrogen and oxygen atoms in total. The monoisotopic (exact) mass is 326 g/mol. The van der Waals surface area contributed by atoms with Crippen LogP contribution in [0.3, 0.4) is 0 Å². The quantitative estimate of drug-likeness (QED) is 0.934. The minimum Gasteiger partial charge on any atom is -0.497 e. The van der Waals surface area contributed by atoms with Crippen molar-refractivity contribution in [2.24, 2.45) is 5.73 Å². The van der Waals surface area contributed by atoms with Crippen LogP contribution >= 0.6 is 0 Å². The molecule has 6 heteroatoms. The van der Waals surface area contributed by atoms with E-state index in [9.17, 15) is 4.79 Å². The Labute approximate surface area is 141 Å². The number of primary amides is 1. The first kappa shape index (κ1) is 16.2. The number of rotatable bonds is 4. The van der Waals surface area contributed by atoms with Crippen molar-refractivity contribution >= 4 is 11.9 Å². The summed E-state index contributed by atoms with van der Waals surface area (Å²) in [4.78, 5) is 22.9. The van der Waals surface area contributed by atoms with Crippen LogP contribution in [0.1, 0.15) is 36.2 Å². The number of aromatic nitrogens is 2. The smallest absolute Gasteiger partial charge is 0.267 e. The molecule has 24 heavy (non-hydrogen) atoms. The molecule has 2 aromatic rings.